The molecule has 702 valence electrons. The van der Waals surface area contributed by atoms with Crippen molar-refractivity contribution in [1.29, 1.82) is 1.34 Å². The zero-order valence-corrected chi connectivity index (χ0v) is 77.7. The number of unbranched alkanes of at least 4 members (excludes halogenated alkanes) is 6. The molecule has 2 radical (unpaired) electrons. The number of hydrogen-bond donors (Lipinski definition) is 13. The van der Waals surface area contributed by atoms with Gasteiger partial charge in [-0.05, 0) is 218 Å². The molecule has 8 aromatic rings. The molecule has 0 saturated carbocycles. The van der Waals surface area contributed by atoms with Gasteiger partial charge in [-0.3, -0.25) is 47.9 Å². The van der Waals surface area contributed by atoms with Gasteiger partial charge in [-0.15, -0.1) is 0 Å². The van der Waals surface area contributed by atoms with Crippen molar-refractivity contribution in [3.63, 3.8) is 0 Å². The van der Waals surface area contributed by atoms with Crippen LogP contribution in [-0.2, 0) is 104 Å². The Labute approximate surface area is 771 Å². The Morgan fingerprint density at radius 2 is 0.595 bits per heavy atom. The molecule has 17 N–H and O–H groups in total. The van der Waals surface area contributed by atoms with Crippen LogP contribution in [0.2, 0.25) is 0 Å². The molecule has 0 aromatic carbocycles. The van der Waals surface area contributed by atoms with Crippen LogP contribution in [-0.4, -0.2) is 159 Å². The topological polar surface area (TPSA) is 514 Å². The molecule has 0 unspecified atom stereocenters. The molecule has 33 nitrogen and oxygen atoms in total. The molecule has 0 spiro atoms. The van der Waals surface area contributed by atoms with Crippen molar-refractivity contribution in [2.75, 3.05) is 39.3 Å². The average Bonchev–Trinajstić information content (AvgIpc) is 1.33. The second-order valence-electron chi connectivity index (χ2n) is 28.9. The van der Waals surface area contributed by atoms with E-state index in [1.54, 1.807) is 128 Å². The molecule has 8 aromatic heterocycles. The van der Waals surface area contributed by atoms with E-state index in [9.17, 15) is 43.2 Å². The second kappa shape index (κ2) is 77.8. The van der Waals surface area contributed by atoms with Crippen molar-refractivity contribution in [2.24, 2.45) is 0 Å². The number of alkyl carbamates (subject to hydrolysis) is 1. The minimum atomic E-state index is -0.833. The van der Waals surface area contributed by atoms with Gasteiger partial charge in [0, 0.05) is 107 Å². The maximum Gasteiger partial charge on any atom is 0.408 e. The average molecular weight is 2000 g/mol. The van der Waals surface area contributed by atoms with Crippen LogP contribution < -0.4 is 54.0 Å². The Balaban J connectivity index is -0.000000733. The number of quaternary nitrogens is 2. The van der Waals surface area contributed by atoms with E-state index in [2.05, 4.69) is 76.2 Å². The zero-order valence-electron chi connectivity index (χ0n) is 75.5. The van der Waals surface area contributed by atoms with Gasteiger partial charge in [0.05, 0.1) is 113 Å². The van der Waals surface area contributed by atoms with E-state index >= 15 is 0 Å². The van der Waals surface area contributed by atoms with Gasteiger partial charge >= 0.3 is 12.1 Å². The quantitative estimate of drug-likeness (QED) is 0.0124. The fourth-order valence-electron chi connectivity index (χ4n) is 10.9. The number of carboxylic acid groups (broad SMARTS) is 3. The molecule has 8 amide bonds. The summed E-state index contributed by atoms with van der Waals surface area (Å²) in [7, 11) is 3.75. The molecular formula is C91H145BN10O23U+2. The molecule has 0 aliphatic rings. The Bertz CT molecular complexity index is 3690. The maximum absolute atomic E-state index is 12.5. The van der Waals surface area contributed by atoms with Gasteiger partial charge in [0.25, 0.3) is 11.9 Å². The molecule has 0 bridgehead atoms. The van der Waals surface area contributed by atoms with Crippen molar-refractivity contribution in [3.05, 3.63) is 193 Å². The van der Waals surface area contributed by atoms with Crippen LogP contribution >= 0.6 is 0 Å². The Kier molecular flexibility index (Phi) is 72.4. The maximum atomic E-state index is 12.5. The predicted molar refractivity (Wildman–Crippen MR) is 476 cm³/mol. The van der Waals surface area contributed by atoms with Crippen LogP contribution in [0.25, 0.3) is 0 Å². The number of nitrogens with one attached hydrogen (secondary N) is 8. The first-order valence-electron chi connectivity index (χ1n) is 42.9. The molecule has 0 saturated heterocycles. The van der Waals surface area contributed by atoms with Crippen LogP contribution in [0.15, 0.2) is 184 Å². The number of rotatable bonds is 48. The SMILES string of the molecule is C.C.CC(=O)O.CC(=O)O.CCCCC[C@H](NC(=O)CCc1ccoc1)C(=O)NCCc1ccoc1.CCCCC[C@H](NC(=O)OC(C)(C)C)C(=O)NCCc1ccoc1.O=C(O)CCc1ccoc1.[2H]CC.[2H][B].[NH3+]CCCC[C@H](NC(=O)CCc1ccoc1)C(=O)NCCc1ccoc1.[NH3+]CCCC[C@H](NC(=O)CCc1ccoc1)C(=O)NCCc1ccoc1.[U]. The fraction of sp³-hybridized carbons (Fsp3) is 0.527. The van der Waals surface area contributed by atoms with Crippen LogP contribution in [0.5, 0.6) is 0 Å². The van der Waals surface area contributed by atoms with Gasteiger partial charge in [-0.25, -0.2) is 4.79 Å². The summed E-state index contributed by atoms with van der Waals surface area (Å²) in [6.45, 7) is 17.7. The minimum Gasteiger partial charge on any atom is -0.481 e. The van der Waals surface area contributed by atoms with E-state index in [-0.39, 0.29) is 93.7 Å². The fourth-order valence-corrected chi connectivity index (χ4v) is 10.9. The first-order chi connectivity index (χ1) is 60.0. The van der Waals surface area contributed by atoms with Gasteiger partial charge < -0.3 is 109 Å². The summed E-state index contributed by atoms with van der Waals surface area (Å²) < 4.78 is 56.5. The first-order valence-corrected chi connectivity index (χ1v) is 41.6. The number of amides is 8. The summed E-state index contributed by atoms with van der Waals surface area (Å²) in [6, 6.07) is 12.7. The van der Waals surface area contributed by atoms with Gasteiger partial charge in [-0.2, -0.15) is 0 Å². The van der Waals surface area contributed by atoms with Gasteiger partial charge in [0.15, 0.2) is 0 Å². The zero-order chi connectivity index (χ0) is 93.1. The van der Waals surface area contributed by atoms with Crippen molar-refractivity contribution >= 4 is 73.7 Å². The van der Waals surface area contributed by atoms with Gasteiger partial charge in [0.2, 0.25) is 41.4 Å². The standard InChI is InChI=1S/C20H28N2O4.2C19H27N3O4.C18H30N2O4.C7H8O3.2C2H4O2.C2H6.2CH4.BH.U/c1-2-3-4-5-18(20(24)21-11-8-17-10-13-26-15-17)22-19(23)7-6-16-9-12-25-14-16;2*20-9-2-1-3-17(19(24)21-10-6-16-8-12-26-14-16)22-18(23)5-4-15-7-11-25-13-15;1-5-6-7-8-15(20-17(22)24-18(2,3)4)16(21)19-11-9-14-10-12-23-13-14;8-7(9)2-1-6-3-4-10-5-6;2*1-2(3)4;1-2;;;;/h9-10,12-15,18H,2-8,11H2,1H3,(H,21,24)(H,22,23);2*7-8,11-14,17H,1-6,9-10,20H2,(H,21,24)(H,22,23);10,12-13,15H,5-9,11H2,1-4H3,(H,19,21)(H,20,22);3-5H,1-2H2,(H,8,9);2*1H3,(H,3,4);1-2H3;2*1H4;1H;/p+2/t18-;2*17-;15-;;;;;;;;/m0000......../s1/i;;;;;;;1D;;;1D;. The number of carbonyl (C=O) groups excluding carboxylic acids is 8. The molecular weight excluding hydrogens is 1850 g/mol. The van der Waals surface area contributed by atoms with Crippen LogP contribution in [0.3, 0.4) is 0 Å². The van der Waals surface area contributed by atoms with Crippen LogP contribution in [0.1, 0.15) is 239 Å². The van der Waals surface area contributed by atoms with E-state index in [1.165, 1.54) is 6.26 Å². The third-order valence-electron chi connectivity index (χ3n) is 17.2. The summed E-state index contributed by atoms with van der Waals surface area (Å²) in [4.78, 5) is 126. The van der Waals surface area contributed by atoms with Crippen molar-refractivity contribution < 1.29 is 152 Å². The summed E-state index contributed by atoms with van der Waals surface area (Å²) in [5, 5.41) is 46.0. The van der Waals surface area contributed by atoms with Crippen molar-refractivity contribution in [3.8, 4) is 0 Å². The number of hydrogen-bond acceptors (Lipinski definition) is 20. The number of ether oxygens (including phenoxy) is 1. The molecule has 0 aliphatic heterocycles. The summed E-state index contributed by atoms with van der Waals surface area (Å²) in [6.07, 6.45) is 43.6. The number of carbonyl (C=O) groups is 11. The third-order valence-corrected chi connectivity index (χ3v) is 17.2. The van der Waals surface area contributed by atoms with E-state index in [1.807, 2.05) is 42.5 Å². The minimum absolute atomic E-state index is 0. The Hall–Kier alpha value is -10.8. The number of aryl methyl sites for hydroxylation is 4. The number of carboxylic acids is 3. The van der Waals surface area contributed by atoms with E-state index in [0.717, 1.165) is 136 Å². The van der Waals surface area contributed by atoms with E-state index in [0.29, 0.717) is 129 Å². The van der Waals surface area contributed by atoms with Gasteiger partial charge in [0.1, 0.15) is 29.8 Å². The summed E-state index contributed by atoms with van der Waals surface area (Å²) in [5.41, 5.74) is 15.0. The van der Waals surface area contributed by atoms with E-state index < -0.39 is 53.8 Å². The van der Waals surface area contributed by atoms with Crippen LogP contribution in [0, 0.1) is 31.1 Å². The molecule has 0 fully saturated rings. The molecule has 0 aliphatic carbocycles. The largest absolute Gasteiger partial charge is 0.481 e. The Morgan fingerprint density at radius 3 is 0.786 bits per heavy atom. The Morgan fingerprint density at radius 1 is 0.389 bits per heavy atom. The summed E-state index contributed by atoms with van der Waals surface area (Å²) in [5.74, 6) is -3.41. The molecule has 4 atom stereocenters. The van der Waals surface area contributed by atoms with Crippen molar-refractivity contribution in [2.45, 2.75) is 274 Å². The molecule has 8 rings (SSSR count). The normalized spacial score (nSPS) is 11.1. The second-order valence-corrected chi connectivity index (χ2v) is 28.9. The number of aliphatic carboxylic acids is 3. The molecule has 8 heterocycles. The smallest absolute Gasteiger partial charge is 0.408 e. The third kappa shape index (κ3) is 66.7. The van der Waals surface area contributed by atoms with Crippen molar-refractivity contribution in [1.82, 2.24) is 42.5 Å². The number of furan rings is 8. The molecule has 126 heavy (non-hydrogen) atoms. The first kappa shape index (κ1) is 117. The molecule has 35 heteroatoms. The monoisotopic (exact) mass is 2000 g/mol. The van der Waals surface area contributed by atoms with E-state index in [4.69, 9.17) is 67.7 Å². The predicted octanol–water partition coefficient (Wildman–Crippen LogP) is 11.9. The van der Waals surface area contributed by atoms with Crippen LogP contribution in [0.4, 0.5) is 4.79 Å². The summed E-state index contributed by atoms with van der Waals surface area (Å²) >= 11 is 0. The van der Waals surface area contributed by atoms with Gasteiger partial charge in [-0.1, -0.05) is 81.0 Å².